The van der Waals surface area contributed by atoms with E-state index in [1.807, 2.05) is 13.0 Å². The van der Waals surface area contributed by atoms with Gasteiger partial charge in [0.25, 0.3) is 0 Å². The molecule has 21 heavy (non-hydrogen) atoms. The van der Waals surface area contributed by atoms with Crippen molar-refractivity contribution < 1.29 is 4.79 Å². The van der Waals surface area contributed by atoms with Crippen LogP contribution < -0.4 is 11.1 Å². The maximum atomic E-state index is 11.8. The van der Waals surface area contributed by atoms with Crippen molar-refractivity contribution in [3.05, 3.63) is 35.4 Å². The molecule has 1 heterocycles. The zero-order chi connectivity index (χ0) is 15.1. The van der Waals surface area contributed by atoms with Crippen LogP contribution in [-0.2, 0) is 17.9 Å². The van der Waals surface area contributed by atoms with Gasteiger partial charge in [0.15, 0.2) is 0 Å². The normalized spacial score (nSPS) is 17.4. The lowest BCUT2D eigenvalue weighted by molar-refractivity contribution is -0.124. The average Bonchev–Trinajstić information content (AvgIpc) is 2.54. The fraction of sp³-hybridized carbons (Fsp3) is 0.588. The first-order chi connectivity index (χ1) is 10.2. The molecule has 4 nitrogen and oxygen atoms in total. The highest BCUT2D eigenvalue weighted by molar-refractivity contribution is 5.78. The first-order valence-electron chi connectivity index (χ1n) is 7.97. The molecule has 0 saturated carbocycles. The van der Waals surface area contributed by atoms with Gasteiger partial charge >= 0.3 is 0 Å². The topological polar surface area (TPSA) is 58.4 Å². The number of carbonyl (C=O) groups is 1. The summed E-state index contributed by atoms with van der Waals surface area (Å²) in [5.74, 6) is -0.0930. The Kier molecular flexibility index (Phi) is 6.21. The molecular weight excluding hydrogens is 262 g/mol. The molecule has 116 valence electrons. The van der Waals surface area contributed by atoms with Crippen molar-refractivity contribution in [1.82, 2.24) is 10.2 Å². The highest BCUT2D eigenvalue weighted by Gasteiger charge is 2.14. The highest BCUT2D eigenvalue weighted by Crippen LogP contribution is 2.16. The second kappa shape index (κ2) is 8.15. The van der Waals surface area contributed by atoms with Gasteiger partial charge in [-0.2, -0.15) is 0 Å². The van der Waals surface area contributed by atoms with E-state index in [2.05, 4.69) is 28.4 Å². The first kappa shape index (κ1) is 16.0. The number of benzene rings is 1. The van der Waals surface area contributed by atoms with E-state index in [1.165, 1.54) is 43.5 Å². The van der Waals surface area contributed by atoms with E-state index in [0.717, 1.165) is 6.54 Å². The monoisotopic (exact) mass is 289 g/mol. The molecule has 1 aliphatic rings. The molecule has 1 aromatic carbocycles. The van der Waals surface area contributed by atoms with Gasteiger partial charge in [-0.05, 0) is 37.1 Å². The van der Waals surface area contributed by atoms with Crippen molar-refractivity contribution in [2.24, 2.45) is 11.7 Å². The number of amides is 1. The van der Waals surface area contributed by atoms with Gasteiger partial charge < -0.3 is 11.1 Å². The predicted octanol–water partition coefficient (Wildman–Crippen LogP) is 1.88. The quantitative estimate of drug-likeness (QED) is 0.841. The summed E-state index contributed by atoms with van der Waals surface area (Å²) in [7, 11) is 0. The molecular formula is C17H27N3O. The average molecular weight is 289 g/mol. The van der Waals surface area contributed by atoms with Gasteiger partial charge in [0.1, 0.15) is 0 Å². The Morgan fingerprint density at radius 2 is 1.90 bits per heavy atom. The fourth-order valence-electron chi connectivity index (χ4n) is 2.71. The summed E-state index contributed by atoms with van der Waals surface area (Å²) in [6.45, 7) is 6.19. The molecule has 4 heteroatoms. The van der Waals surface area contributed by atoms with Crippen LogP contribution in [0.4, 0.5) is 0 Å². The number of piperidine rings is 1. The molecule has 1 aliphatic heterocycles. The number of hydrogen-bond donors (Lipinski definition) is 2. The Labute approximate surface area is 127 Å². The summed E-state index contributed by atoms with van der Waals surface area (Å²) in [6, 6.07) is 8.38. The molecule has 0 spiro atoms. The van der Waals surface area contributed by atoms with Gasteiger partial charge in [-0.15, -0.1) is 0 Å². The molecule has 1 atom stereocenters. The van der Waals surface area contributed by atoms with E-state index in [4.69, 9.17) is 5.73 Å². The zero-order valence-corrected chi connectivity index (χ0v) is 13.0. The molecule has 3 N–H and O–H groups in total. The number of nitrogens with zero attached hydrogens (tertiary/aromatic N) is 1. The van der Waals surface area contributed by atoms with Gasteiger partial charge in [0.05, 0.1) is 0 Å². The van der Waals surface area contributed by atoms with Crippen LogP contribution in [0.25, 0.3) is 0 Å². The minimum absolute atomic E-state index is 0.0327. The van der Waals surface area contributed by atoms with Crippen molar-refractivity contribution >= 4 is 5.91 Å². The Hall–Kier alpha value is -1.39. The molecule has 1 saturated heterocycles. The van der Waals surface area contributed by atoms with Crippen molar-refractivity contribution in [2.75, 3.05) is 19.6 Å². The van der Waals surface area contributed by atoms with Crippen LogP contribution >= 0.6 is 0 Å². The smallest absolute Gasteiger partial charge is 0.224 e. The molecule has 1 fully saturated rings. The largest absolute Gasteiger partial charge is 0.352 e. The van der Waals surface area contributed by atoms with Gasteiger partial charge in [0.2, 0.25) is 5.91 Å². The molecule has 1 unspecified atom stereocenters. The van der Waals surface area contributed by atoms with E-state index in [9.17, 15) is 4.79 Å². The minimum Gasteiger partial charge on any atom is -0.352 e. The Morgan fingerprint density at radius 3 is 2.57 bits per heavy atom. The maximum absolute atomic E-state index is 11.8. The molecule has 0 aliphatic carbocycles. The summed E-state index contributed by atoms with van der Waals surface area (Å²) in [6.07, 6.45) is 3.95. The Morgan fingerprint density at radius 1 is 1.24 bits per heavy atom. The van der Waals surface area contributed by atoms with Crippen LogP contribution in [0.1, 0.15) is 37.3 Å². The first-order valence-corrected chi connectivity index (χ1v) is 7.97. The summed E-state index contributed by atoms with van der Waals surface area (Å²) in [4.78, 5) is 14.4. The van der Waals surface area contributed by atoms with Gasteiger partial charge in [0, 0.05) is 25.6 Å². The van der Waals surface area contributed by atoms with E-state index >= 15 is 0 Å². The van der Waals surface area contributed by atoms with Crippen LogP contribution in [0.3, 0.4) is 0 Å². The van der Waals surface area contributed by atoms with Crippen molar-refractivity contribution in [1.29, 1.82) is 0 Å². The molecule has 0 bridgehead atoms. The van der Waals surface area contributed by atoms with E-state index < -0.39 is 0 Å². The lowest BCUT2D eigenvalue weighted by Crippen LogP contribution is -2.33. The van der Waals surface area contributed by atoms with Gasteiger partial charge in [-0.1, -0.05) is 37.6 Å². The van der Waals surface area contributed by atoms with Crippen LogP contribution in [0.15, 0.2) is 24.3 Å². The second-order valence-corrected chi connectivity index (χ2v) is 5.96. The maximum Gasteiger partial charge on any atom is 0.224 e. The molecule has 1 amide bonds. The van der Waals surface area contributed by atoms with E-state index in [-0.39, 0.29) is 11.8 Å². The van der Waals surface area contributed by atoms with E-state index in [0.29, 0.717) is 13.1 Å². The van der Waals surface area contributed by atoms with Crippen LogP contribution in [0, 0.1) is 5.92 Å². The number of carbonyl (C=O) groups excluding carboxylic acids is 1. The summed E-state index contributed by atoms with van der Waals surface area (Å²) in [5.41, 5.74) is 8.06. The third-order valence-electron chi connectivity index (χ3n) is 4.22. The predicted molar refractivity (Wildman–Crippen MR) is 85.6 cm³/mol. The number of hydrogen-bond acceptors (Lipinski definition) is 3. The second-order valence-electron chi connectivity index (χ2n) is 5.96. The highest BCUT2D eigenvalue weighted by atomic mass is 16.1. The van der Waals surface area contributed by atoms with Crippen molar-refractivity contribution in [3.63, 3.8) is 0 Å². The van der Waals surface area contributed by atoms with Gasteiger partial charge in [-0.25, -0.2) is 0 Å². The number of nitrogens with two attached hydrogens (primary N) is 1. The standard InChI is InChI=1S/C17H27N3O/c1-14(11-18)17(21)19-12-15-7-3-4-8-16(15)13-20-9-5-2-6-10-20/h3-4,7-8,14H,2,5-6,9-13,18H2,1H3,(H,19,21). The molecule has 0 radical (unpaired) electrons. The number of rotatable bonds is 6. The molecule has 1 aromatic rings. The van der Waals surface area contributed by atoms with Crippen molar-refractivity contribution in [3.8, 4) is 0 Å². The summed E-state index contributed by atoms with van der Waals surface area (Å²) >= 11 is 0. The number of likely N-dealkylation sites (tertiary alicyclic amines) is 1. The van der Waals surface area contributed by atoms with Crippen molar-refractivity contribution in [2.45, 2.75) is 39.3 Å². The van der Waals surface area contributed by atoms with Crippen LogP contribution in [0.5, 0.6) is 0 Å². The zero-order valence-electron chi connectivity index (χ0n) is 13.0. The van der Waals surface area contributed by atoms with Crippen LogP contribution in [0.2, 0.25) is 0 Å². The minimum atomic E-state index is -0.126. The summed E-state index contributed by atoms with van der Waals surface area (Å²) in [5, 5.41) is 2.99. The lowest BCUT2D eigenvalue weighted by Gasteiger charge is -2.27. The molecule has 0 aromatic heterocycles. The third-order valence-corrected chi connectivity index (χ3v) is 4.22. The van der Waals surface area contributed by atoms with Crippen LogP contribution in [-0.4, -0.2) is 30.4 Å². The third kappa shape index (κ3) is 4.83. The fourth-order valence-corrected chi connectivity index (χ4v) is 2.71. The SMILES string of the molecule is CC(CN)C(=O)NCc1ccccc1CN1CCCCC1. The van der Waals surface area contributed by atoms with E-state index in [1.54, 1.807) is 0 Å². The van der Waals surface area contributed by atoms with Gasteiger partial charge in [-0.3, -0.25) is 9.69 Å². The Balaban J connectivity index is 1.94. The molecule has 2 rings (SSSR count). The lowest BCUT2D eigenvalue weighted by atomic mass is 10.0. The Bertz CT molecular complexity index is 455. The number of nitrogens with one attached hydrogen (secondary N) is 1. The summed E-state index contributed by atoms with van der Waals surface area (Å²) < 4.78 is 0.